The third-order valence-electron chi connectivity index (χ3n) is 8.23. The van der Waals surface area contributed by atoms with Gasteiger partial charge >= 0.3 is 5.97 Å². The van der Waals surface area contributed by atoms with Gasteiger partial charge in [0.05, 0.1) is 12.2 Å². The number of carbonyl (C=O) groups is 1. The zero-order valence-corrected chi connectivity index (χ0v) is 23.9. The van der Waals surface area contributed by atoms with Crippen LogP contribution in [0.4, 0.5) is 8.78 Å². The molecule has 2 unspecified atom stereocenters. The fourth-order valence-corrected chi connectivity index (χ4v) is 6.70. The molecule has 2 aromatic rings. The van der Waals surface area contributed by atoms with Gasteiger partial charge in [-0.1, -0.05) is 61.9 Å². The Kier molecular flexibility index (Phi) is 8.63. The second kappa shape index (κ2) is 12.0. The lowest BCUT2D eigenvalue weighted by atomic mass is 9.90. The highest BCUT2D eigenvalue weighted by atomic mass is 35.5. The third kappa shape index (κ3) is 5.97. The molecule has 2 atom stereocenters. The van der Waals surface area contributed by atoms with Crippen LogP contribution in [-0.2, 0) is 0 Å². The number of allylic oxidation sites excluding steroid dienone is 2. The van der Waals surface area contributed by atoms with Crippen LogP contribution in [0.5, 0.6) is 0 Å². The van der Waals surface area contributed by atoms with E-state index in [0.29, 0.717) is 25.3 Å². The molecule has 0 saturated carbocycles. The molecular weight excluding hydrogens is 536 g/mol. The molecule has 3 heterocycles. The van der Waals surface area contributed by atoms with E-state index in [9.17, 15) is 18.7 Å². The Hall–Kier alpha value is -2.75. The molecule has 7 nitrogen and oxygen atoms in total. The smallest absolute Gasteiger partial charge is 0.339 e. The van der Waals surface area contributed by atoms with Gasteiger partial charge in [-0.05, 0) is 30.4 Å². The van der Waals surface area contributed by atoms with E-state index < -0.39 is 28.7 Å². The normalized spacial score (nSPS) is 24.9. The highest BCUT2D eigenvalue weighted by Gasteiger charge is 2.40. The van der Waals surface area contributed by atoms with Gasteiger partial charge in [-0.15, -0.1) is 0 Å². The first-order chi connectivity index (χ1) is 19.2. The quantitative estimate of drug-likeness (QED) is 0.321. The zero-order valence-electron chi connectivity index (χ0n) is 23.1. The molecule has 0 amide bonds. The van der Waals surface area contributed by atoms with Crippen molar-refractivity contribution in [1.29, 1.82) is 0 Å². The van der Waals surface area contributed by atoms with Gasteiger partial charge in [0, 0.05) is 63.5 Å². The molecule has 5 rings (SSSR count). The standard InChI is InChI=1S/C30H38ClF2N5O2/c1-21(2)19-35-13-15-37(16-14-35)30(31)11-10-24(22-7-4-3-5-8-22)26(17-30)36-12-6-9-23(20-36)38-27(28(32)33)25(18-34-38)29(39)40/h3-5,7-8,10-11,18,21,23,28H,6,9,12-17,19-20H2,1-2H3,(H,39,40). The Balaban J connectivity index is 1.43. The van der Waals surface area contributed by atoms with Crippen LogP contribution >= 0.6 is 11.6 Å². The predicted molar refractivity (Wildman–Crippen MR) is 153 cm³/mol. The molecule has 10 heteroatoms. The number of rotatable bonds is 8. The zero-order chi connectivity index (χ0) is 28.4. The summed E-state index contributed by atoms with van der Waals surface area (Å²) in [6.07, 6.45) is 4.36. The number of piperidine rings is 1. The van der Waals surface area contributed by atoms with Crippen molar-refractivity contribution in [1.82, 2.24) is 24.5 Å². The maximum absolute atomic E-state index is 14.0. The van der Waals surface area contributed by atoms with Crippen LogP contribution in [0.3, 0.4) is 0 Å². The lowest BCUT2D eigenvalue weighted by Crippen LogP contribution is -2.55. The van der Waals surface area contributed by atoms with Crippen molar-refractivity contribution < 1.29 is 18.7 Å². The number of likely N-dealkylation sites (tertiary alicyclic amines) is 1. The molecule has 1 N–H and O–H groups in total. The fourth-order valence-electron chi connectivity index (χ4n) is 6.34. The van der Waals surface area contributed by atoms with Gasteiger partial charge in [0.2, 0.25) is 0 Å². The highest BCUT2D eigenvalue weighted by Crippen LogP contribution is 2.42. The van der Waals surface area contributed by atoms with E-state index in [1.165, 1.54) is 4.68 Å². The number of halogens is 3. The molecule has 3 aliphatic rings. The van der Waals surface area contributed by atoms with E-state index in [-0.39, 0.29) is 6.04 Å². The highest BCUT2D eigenvalue weighted by molar-refractivity contribution is 6.25. The molecular formula is C30H38ClF2N5O2. The fraction of sp³-hybridized carbons (Fsp3) is 0.533. The van der Waals surface area contributed by atoms with Gasteiger partial charge in [0.15, 0.2) is 0 Å². The summed E-state index contributed by atoms with van der Waals surface area (Å²) in [5.74, 6) is -0.769. The van der Waals surface area contributed by atoms with Crippen LogP contribution in [0, 0.1) is 5.92 Å². The average Bonchev–Trinajstić information content (AvgIpc) is 3.40. The number of nitrogens with zero attached hydrogens (tertiary/aromatic N) is 5. The minimum atomic E-state index is -2.93. The van der Waals surface area contributed by atoms with E-state index in [1.54, 1.807) is 0 Å². The van der Waals surface area contributed by atoms with Gasteiger partial charge in [0.25, 0.3) is 6.43 Å². The largest absolute Gasteiger partial charge is 0.478 e. The van der Waals surface area contributed by atoms with Crippen LogP contribution in [-0.4, -0.2) is 86.4 Å². The Bertz CT molecular complexity index is 1260. The Morgan fingerprint density at radius 1 is 1.15 bits per heavy atom. The molecule has 1 aliphatic carbocycles. The summed E-state index contributed by atoms with van der Waals surface area (Å²) in [6.45, 7) is 10.5. The number of aromatic carboxylic acids is 1. The minimum absolute atomic E-state index is 0.370. The van der Waals surface area contributed by atoms with Gasteiger partial charge in [0.1, 0.15) is 16.3 Å². The first-order valence-electron chi connectivity index (χ1n) is 14.1. The first kappa shape index (κ1) is 28.8. The first-order valence-corrected chi connectivity index (χ1v) is 14.5. The summed E-state index contributed by atoms with van der Waals surface area (Å²) in [4.78, 5) is 18.0. The molecule has 1 aromatic heterocycles. The lowest BCUT2D eigenvalue weighted by molar-refractivity contribution is 0.0678. The molecule has 0 radical (unpaired) electrons. The number of carboxylic acids is 1. The summed E-state index contributed by atoms with van der Waals surface area (Å²) < 4.78 is 29.2. The summed E-state index contributed by atoms with van der Waals surface area (Å²) in [6, 6.07) is 9.79. The summed E-state index contributed by atoms with van der Waals surface area (Å²) >= 11 is 7.41. The number of benzene rings is 1. The van der Waals surface area contributed by atoms with Crippen molar-refractivity contribution in [3.05, 3.63) is 71.2 Å². The van der Waals surface area contributed by atoms with Crippen LogP contribution in [0.25, 0.3) is 5.57 Å². The third-order valence-corrected chi connectivity index (χ3v) is 8.73. The van der Waals surface area contributed by atoms with Crippen molar-refractivity contribution in [3.63, 3.8) is 0 Å². The van der Waals surface area contributed by atoms with Gasteiger partial charge < -0.3 is 14.9 Å². The maximum atomic E-state index is 14.0. The molecule has 216 valence electrons. The van der Waals surface area contributed by atoms with Crippen molar-refractivity contribution in [2.45, 2.75) is 50.6 Å². The second-order valence-electron chi connectivity index (χ2n) is 11.5. The van der Waals surface area contributed by atoms with Crippen LogP contribution in [0.2, 0.25) is 0 Å². The monoisotopic (exact) mass is 573 g/mol. The van der Waals surface area contributed by atoms with Crippen LogP contribution in [0.1, 0.15) is 67.2 Å². The van der Waals surface area contributed by atoms with Crippen molar-refractivity contribution in [2.75, 3.05) is 45.8 Å². The molecule has 2 fully saturated rings. The number of hydrogen-bond acceptors (Lipinski definition) is 5. The number of hydrogen-bond donors (Lipinski definition) is 1. The SMILES string of the molecule is CC(C)CN1CCN(C2(Cl)C=CC(c3ccccc3)=C(N3CCCC(n4ncc(C(=O)O)c4C(F)F)C3)C2)CC1. The minimum Gasteiger partial charge on any atom is -0.478 e. The van der Waals surface area contributed by atoms with Gasteiger partial charge in [-0.3, -0.25) is 9.58 Å². The van der Waals surface area contributed by atoms with Crippen LogP contribution < -0.4 is 0 Å². The Morgan fingerprint density at radius 3 is 2.52 bits per heavy atom. The van der Waals surface area contributed by atoms with Crippen molar-refractivity contribution >= 4 is 23.1 Å². The summed E-state index contributed by atoms with van der Waals surface area (Å²) in [5.41, 5.74) is 2.29. The Labute approximate surface area is 239 Å². The van der Waals surface area contributed by atoms with E-state index >= 15 is 0 Å². The number of aromatic nitrogens is 2. The summed E-state index contributed by atoms with van der Waals surface area (Å²) in [5, 5.41) is 13.6. The molecule has 1 aromatic carbocycles. The Morgan fingerprint density at radius 2 is 1.88 bits per heavy atom. The maximum Gasteiger partial charge on any atom is 0.339 e. The topological polar surface area (TPSA) is 64.8 Å². The van der Waals surface area contributed by atoms with E-state index in [2.05, 4.69) is 57.9 Å². The van der Waals surface area contributed by atoms with E-state index in [0.717, 1.165) is 68.7 Å². The lowest BCUT2D eigenvalue weighted by Gasteiger charge is -2.47. The molecule has 0 spiro atoms. The van der Waals surface area contributed by atoms with Crippen molar-refractivity contribution in [3.8, 4) is 0 Å². The van der Waals surface area contributed by atoms with E-state index in [1.807, 2.05) is 18.2 Å². The molecule has 2 saturated heterocycles. The van der Waals surface area contributed by atoms with Crippen molar-refractivity contribution in [2.24, 2.45) is 5.92 Å². The number of carboxylic acid groups (broad SMARTS) is 1. The molecule has 2 aliphatic heterocycles. The molecule has 0 bridgehead atoms. The second-order valence-corrected chi connectivity index (χ2v) is 12.1. The van der Waals surface area contributed by atoms with Gasteiger partial charge in [-0.2, -0.15) is 5.10 Å². The summed E-state index contributed by atoms with van der Waals surface area (Å²) in [7, 11) is 0. The van der Waals surface area contributed by atoms with Crippen LogP contribution in [0.15, 0.2) is 54.4 Å². The molecule has 40 heavy (non-hydrogen) atoms. The predicted octanol–water partition coefficient (Wildman–Crippen LogP) is 5.74. The number of alkyl halides is 3. The number of piperazine rings is 1. The van der Waals surface area contributed by atoms with E-state index in [4.69, 9.17) is 11.6 Å². The average molecular weight is 574 g/mol. The van der Waals surface area contributed by atoms with Gasteiger partial charge in [-0.25, -0.2) is 13.6 Å².